The van der Waals surface area contributed by atoms with E-state index in [0.29, 0.717) is 23.6 Å². The Kier molecular flexibility index (Phi) is 7.73. The van der Waals surface area contributed by atoms with Gasteiger partial charge in [-0.15, -0.1) is 0 Å². The van der Waals surface area contributed by atoms with Crippen molar-refractivity contribution in [1.29, 1.82) is 0 Å². The Morgan fingerprint density at radius 1 is 0.811 bits per heavy atom. The summed E-state index contributed by atoms with van der Waals surface area (Å²) in [6.07, 6.45) is 4.51. The Morgan fingerprint density at radius 2 is 1.38 bits per heavy atom. The second-order valence-electron chi connectivity index (χ2n) is 8.61. The molecule has 0 radical (unpaired) electrons. The second kappa shape index (κ2) is 11.5. The van der Waals surface area contributed by atoms with Crippen molar-refractivity contribution in [3.8, 4) is 0 Å². The molecule has 1 heterocycles. The van der Waals surface area contributed by atoms with Crippen molar-refractivity contribution in [2.24, 2.45) is 0 Å². The number of hydrogen-bond acceptors (Lipinski definition) is 3. The third-order valence-corrected chi connectivity index (χ3v) is 7.78. The van der Waals surface area contributed by atoms with Crippen LogP contribution >= 0.6 is 23.5 Å². The smallest absolute Gasteiger partial charge is 0.251 e. The molecule has 0 saturated heterocycles. The minimum atomic E-state index is -0.484. The molecule has 0 saturated carbocycles. The topological polar surface area (TPSA) is 46.9 Å². The van der Waals surface area contributed by atoms with Gasteiger partial charge in [0.05, 0.1) is 5.69 Å². The number of amides is 1. The maximum atomic E-state index is 12.5. The minimum absolute atomic E-state index is 0.146. The number of halogens is 1. The van der Waals surface area contributed by atoms with E-state index in [1.807, 2.05) is 30.7 Å². The zero-order valence-corrected chi connectivity index (χ0v) is 21.7. The van der Waals surface area contributed by atoms with Gasteiger partial charge in [-0.3, -0.25) is 8.77 Å². The Hall–Kier alpha value is -3.80. The van der Waals surface area contributed by atoms with Crippen LogP contribution in [0.25, 0.3) is 0 Å². The summed E-state index contributed by atoms with van der Waals surface area (Å²) in [6, 6.07) is 38.6. The maximum Gasteiger partial charge on any atom is 0.251 e. The molecule has 4 nitrogen and oxygen atoms in total. The van der Waals surface area contributed by atoms with Crippen molar-refractivity contribution < 1.29 is 4.79 Å². The highest BCUT2D eigenvalue weighted by atomic mass is 35.5. The van der Waals surface area contributed by atoms with E-state index >= 15 is 0 Å². The Bertz CT molecular complexity index is 1360. The SMILES string of the molecule is O=C(NCCc1cn(SC(c2ccccc2)(c2ccccc2)c2ccccc2)cn1)c1cccc(Cl)c1. The van der Waals surface area contributed by atoms with E-state index in [2.05, 4.69) is 87.1 Å². The number of hydrogen-bond donors (Lipinski definition) is 1. The normalized spacial score (nSPS) is 11.3. The first-order chi connectivity index (χ1) is 18.1. The predicted octanol–water partition coefficient (Wildman–Crippen LogP) is 7.00. The van der Waals surface area contributed by atoms with E-state index in [1.165, 1.54) is 16.7 Å². The molecule has 37 heavy (non-hydrogen) atoms. The Labute approximate surface area is 226 Å². The molecule has 4 aromatic carbocycles. The van der Waals surface area contributed by atoms with E-state index in [-0.39, 0.29) is 5.91 Å². The highest BCUT2D eigenvalue weighted by Gasteiger charge is 2.38. The van der Waals surface area contributed by atoms with E-state index in [4.69, 9.17) is 11.6 Å². The van der Waals surface area contributed by atoms with Crippen molar-refractivity contribution in [3.05, 3.63) is 161 Å². The molecule has 0 aliphatic carbocycles. The minimum Gasteiger partial charge on any atom is -0.352 e. The quantitative estimate of drug-likeness (QED) is 0.212. The van der Waals surface area contributed by atoms with Gasteiger partial charge < -0.3 is 5.32 Å². The lowest BCUT2D eigenvalue weighted by molar-refractivity contribution is 0.0954. The molecule has 184 valence electrons. The van der Waals surface area contributed by atoms with Crippen LogP contribution in [0.2, 0.25) is 5.02 Å². The second-order valence-corrected chi connectivity index (χ2v) is 10.3. The summed E-state index contributed by atoms with van der Waals surface area (Å²) < 4.78 is 1.59. The highest BCUT2D eigenvalue weighted by Crippen LogP contribution is 2.48. The molecule has 0 atom stereocenters. The molecule has 5 aromatic rings. The molecule has 0 aliphatic heterocycles. The molecule has 0 spiro atoms. The zero-order chi connectivity index (χ0) is 25.5. The molecule has 6 heteroatoms. The van der Waals surface area contributed by atoms with Gasteiger partial charge in [0.1, 0.15) is 11.1 Å². The first kappa shape index (κ1) is 24.9. The largest absolute Gasteiger partial charge is 0.352 e. The van der Waals surface area contributed by atoms with E-state index < -0.39 is 4.75 Å². The summed E-state index contributed by atoms with van der Waals surface area (Å²) in [6.45, 7) is 0.480. The molecule has 0 fully saturated rings. The van der Waals surface area contributed by atoms with Crippen LogP contribution in [0.15, 0.2) is 128 Å². The van der Waals surface area contributed by atoms with Crippen LogP contribution in [0.1, 0.15) is 32.7 Å². The number of nitrogens with zero attached hydrogens (tertiary/aromatic N) is 2. The molecule has 0 aliphatic rings. The number of nitrogens with one attached hydrogen (secondary N) is 1. The average Bonchev–Trinajstić information content (AvgIpc) is 3.40. The molecule has 0 bridgehead atoms. The molecular weight excluding hydrogens is 498 g/mol. The van der Waals surface area contributed by atoms with Crippen LogP contribution in [0, 0.1) is 0 Å². The summed E-state index contributed by atoms with van der Waals surface area (Å²) in [4.78, 5) is 17.1. The number of benzene rings is 4. The molecule has 1 aromatic heterocycles. The zero-order valence-electron chi connectivity index (χ0n) is 20.1. The number of carbonyl (C=O) groups is 1. The Morgan fingerprint density at radius 3 is 1.92 bits per heavy atom. The monoisotopic (exact) mass is 523 g/mol. The maximum absolute atomic E-state index is 12.5. The van der Waals surface area contributed by atoms with Crippen LogP contribution in [0.5, 0.6) is 0 Å². The van der Waals surface area contributed by atoms with Gasteiger partial charge in [0.25, 0.3) is 5.91 Å². The fourth-order valence-corrected chi connectivity index (χ4v) is 5.89. The number of rotatable bonds is 9. The van der Waals surface area contributed by atoms with Gasteiger partial charge in [0, 0.05) is 29.7 Å². The molecule has 5 rings (SSSR count). The van der Waals surface area contributed by atoms with Crippen molar-refractivity contribution in [3.63, 3.8) is 0 Å². The molecular formula is C31H26ClN3OS. The van der Waals surface area contributed by atoms with Gasteiger partial charge in [0.2, 0.25) is 0 Å². The fourth-order valence-electron chi connectivity index (χ4n) is 4.39. The van der Waals surface area contributed by atoms with Gasteiger partial charge in [-0.25, -0.2) is 4.98 Å². The summed E-state index contributed by atoms with van der Waals surface area (Å²) in [7, 11) is 0. The van der Waals surface area contributed by atoms with Crippen molar-refractivity contribution in [2.75, 3.05) is 6.54 Å². The summed E-state index contributed by atoms with van der Waals surface area (Å²) >= 11 is 7.72. The Balaban J connectivity index is 1.40. The molecule has 1 amide bonds. The van der Waals surface area contributed by atoms with Crippen LogP contribution in [-0.4, -0.2) is 21.4 Å². The van der Waals surface area contributed by atoms with Gasteiger partial charge >= 0.3 is 0 Å². The molecule has 1 N–H and O–H groups in total. The molecule has 0 unspecified atom stereocenters. The predicted molar refractivity (Wildman–Crippen MR) is 152 cm³/mol. The standard InChI is InChI=1S/C31H26ClN3OS/c32-28-18-10-11-24(21-28)30(36)33-20-19-29-22-35(23-34-29)37-31(25-12-4-1-5-13-25,26-14-6-2-7-15-26)27-16-8-3-9-17-27/h1-18,21-23H,19-20H2,(H,33,36). The van der Waals surface area contributed by atoms with E-state index in [1.54, 1.807) is 36.2 Å². The highest BCUT2D eigenvalue weighted by molar-refractivity contribution is 7.99. The lowest BCUT2D eigenvalue weighted by Gasteiger charge is -2.35. The average molecular weight is 524 g/mol. The van der Waals surface area contributed by atoms with Crippen molar-refractivity contribution >= 4 is 29.5 Å². The van der Waals surface area contributed by atoms with E-state index in [9.17, 15) is 4.79 Å². The number of aromatic nitrogens is 2. The number of carbonyl (C=O) groups excluding carboxylic acids is 1. The third-order valence-electron chi connectivity index (χ3n) is 6.15. The summed E-state index contributed by atoms with van der Waals surface area (Å²) in [5.74, 6) is -0.146. The first-order valence-corrected chi connectivity index (χ1v) is 13.2. The lowest BCUT2D eigenvalue weighted by Crippen LogP contribution is -2.27. The first-order valence-electron chi connectivity index (χ1n) is 12.1. The van der Waals surface area contributed by atoms with Crippen LogP contribution in [0.3, 0.4) is 0 Å². The van der Waals surface area contributed by atoms with Gasteiger partial charge in [-0.1, -0.05) is 109 Å². The number of imidazole rings is 1. The lowest BCUT2D eigenvalue weighted by atomic mass is 9.84. The third kappa shape index (κ3) is 5.63. The van der Waals surface area contributed by atoms with Crippen LogP contribution in [-0.2, 0) is 11.2 Å². The summed E-state index contributed by atoms with van der Waals surface area (Å²) in [5, 5.41) is 3.50. The van der Waals surface area contributed by atoms with Gasteiger partial charge in [0.15, 0.2) is 0 Å². The van der Waals surface area contributed by atoms with Gasteiger partial charge in [-0.05, 0) is 46.8 Å². The fraction of sp³-hybridized carbons (Fsp3) is 0.0968. The van der Waals surface area contributed by atoms with Gasteiger partial charge in [-0.2, -0.15) is 0 Å². The van der Waals surface area contributed by atoms with Crippen LogP contribution in [0.4, 0.5) is 0 Å². The van der Waals surface area contributed by atoms with Crippen LogP contribution < -0.4 is 5.32 Å². The summed E-state index contributed by atoms with van der Waals surface area (Å²) in [5.41, 5.74) is 5.00. The van der Waals surface area contributed by atoms with E-state index in [0.717, 1.165) is 5.69 Å². The van der Waals surface area contributed by atoms with Crippen molar-refractivity contribution in [2.45, 2.75) is 11.2 Å². The van der Waals surface area contributed by atoms with Crippen molar-refractivity contribution in [1.82, 2.24) is 14.3 Å².